The van der Waals surface area contributed by atoms with Crippen LogP contribution in [0, 0.1) is 0 Å². The molecule has 0 radical (unpaired) electrons. The predicted molar refractivity (Wildman–Crippen MR) is 145 cm³/mol. The average molecular weight is 528 g/mol. The van der Waals surface area contributed by atoms with Gasteiger partial charge in [0, 0.05) is 4.88 Å². The minimum Gasteiger partial charge on any atom is -0.506 e. The molecule has 4 aromatic rings. The highest BCUT2D eigenvalue weighted by Crippen LogP contribution is 2.44. The summed E-state index contributed by atoms with van der Waals surface area (Å²) in [6.07, 6.45) is 0. The Balaban J connectivity index is 1.67. The van der Waals surface area contributed by atoms with Crippen LogP contribution in [0.1, 0.15) is 22.0 Å². The smallest absolute Gasteiger partial charge is 0.295 e. The van der Waals surface area contributed by atoms with Crippen molar-refractivity contribution >= 4 is 28.8 Å². The number of hydrogen-bond acceptors (Lipinski definition) is 7. The van der Waals surface area contributed by atoms with Crippen LogP contribution in [0.15, 0.2) is 95.9 Å². The first kappa shape index (κ1) is 25.1. The van der Waals surface area contributed by atoms with E-state index in [0.717, 1.165) is 4.88 Å². The summed E-state index contributed by atoms with van der Waals surface area (Å²) in [5.41, 5.74) is 0.768. The van der Waals surface area contributed by atoms with Gasteiger partial charge < -0.3 is 24.2 Å². The summed E-state index contributed by atoms with van der Waals surface area (Å²) in [5.74, 6) is -0.0518. The van der Waals surface area contributed by atoms with Crippen LogP contribution >= 0.6 is 11.3 Å². The van der Waals surface area contributed by atoms with Gasteiger partial charge in [-0.15, -0.1) is 11.3 Å². The second kappa shape index (κ2) is 10.8. The van der Waals surface area contributed by atoms with Gasteiger partial charge in [0.05, 0.1) is 32.4 Å². The molecule has 1 aliphatic rings. The number of carbonyl (C=O) groups excluding carboxylic acids is 2. The molecule has 1 atom stereocenters. The first-order chi connectivity index (χ1) is 18.5. The van der Waals surface area contributed by atoms with Gasteiger partial charge in [-0.1, -0.05) is 42.5 Å². The summed E-state index contributed by atoms with van der Waals surface area (Å²) in [6, 6.07) is 24.4. The van der Waals surface area contributed by atoms with Crippen LogP contribution in [0.2, 0.25) is 0 Å². The number of para-hydroxylation sites is 1. The molecule has 1 unspecified atom stereocenters. The molecule has 3 aromatic carbocycles. The van der Waals surface area contributed by atoms with E-state index in [4.69, 9.17) is 14.2 Å². The molecular weight excluding hydrogens is 502 g/mol. The molecule has 1 saturated heterocycles. The Hall–Kier alpha value is -4.56. The lowest BCUT2D eigenvalue weighted by atomic mass is 9.94. The Morgan fingerprint density at radius 1 is 0.868 bits per heavy atom. The number of Topliss-reactive ketones (excluding diaryl/α,β-unsaturated/α-hetero) is 1. The summed E-state index contributed by atoms with van der Waals surface area (Å²) >= 11 is 1.48. The van der Waals surface area contributed by atoms with Gasteiger partial charge in [-0.2, -0.15) is 0 Å². The molecule has 192 valence electrons. The van der Waals surface area contributed by atoms with E-state index >= 15 is 0 Å². The Bertz CT molecular complexity index is 1470. The molecule has 0 bridgehead atoms. The van der Waals surface area contributed by atoms with E-state index < -0.39 is 17.7 Å². The zero-order chi connectivity index (χ0) is 26.6. The molecule has 1 aliphatic heterocycles. The number of methoxy groups -OCH3 is 2. The number of thiophene rings is 1. The second-order valence-electron chi connectivity index (χ2n) is 8.53. The fourth-order valence-electron chi connectivity index (χ4n) is 4.55. The SMILES string of the molecule is COc1cccc(OC)c1/C(O)=C1\C(=O)C(=O)N(Cc2cccs2)C1c1cccc(Oc2ccccc2)c1. The lowest BCUT2D eigenvalue weighted by molar-refractivity contribution is -0.140. The molecule has 2 heterocycles. The first-order valence-electron chi connectivity index (χ1n) is 11.9. The predicted octanol–water partition coefficient (Wildman–Crippen LogP) is 6.18. The molecule has 1 aromatic heterocycles. The fraction of sp³-hybridized carbons (Fsp3) is 0.133. The molecule has 1 amide bonds. The van der Waals surface area contributed by atoms with Crippen LogP contribution in [0.3, 0.4) is 0 Å². The van der Waals surface area contributed by atoms with Crippen LogP contribution < -0.4 is 14.2 Å². The Kier molecular flexibility index (Phi) is 7.15. The van der Waals surface area contributed by atoms with Gasteiger partial charge in [0.2, 0.25) is 0 Å². The largest absolute Gasteiger partial charge is 0.506 e. The van der Waals surface area contributed by atoms with E-state index in [0.29, 0.717) is 28.6 Å². The normalized spacial score (nSPS) is 16.5. The second-order valence-corrected chi connectivity index (χ2v) is 9.56. The van der Waals surface area contributed by atoms with Crippen molar-refractivity contribution in [1.29, 1.82) is 0 Å². The van der Waals surface area contributed by atoms with Crippen molar-refractivity contribution in [3.8, 4) is 23.0 Å². The molecule has 5 rings (SSSR count). The molecule has 1 fully saturated rings. The van der Waals surface area contributed by atoms with Crippen LogP contribution in [0.5, 0.6) is 23.0 Å². The number of benzene rings is 3. The summed E-state index contributed by atoms with van der Waals surface area (Å²) in [5, 5.41) is 13.5. The van der Waals surface area contributed by atoms with E-state index in [1.165, 1.54) is 30.5 Å². The standard InChI is InChI=1S/C30H25NO6S/c1-35-23-14-7-15-24(36-2)25(23)28(32)26-27(31(30(34)29(26)33)18-22-13-8-16-38-22)19-9-6-12-21(17-19)37-20-10-4-3-5-11-20/h3-17,27,32H,18H2,1-2H3/b28-26+. The molecule has 1 N–H and O–H groups in total. The number of carbonyl (C=O) groups is 2. The van der Waals surface area contributed by atoms with E-state index in [9.17, 15) is 14.7 Å². The molecule has 0 aliphatic carbocycles. The van der Waals surface area contributed by atoms with Gasteiger partial charge in [0.1, 0.15) is 34.3 Å². The number of hydrogen-bond donors (Lipinski definition) is 1. The van der Waals surface area contributed by atoms with Crippen molar-refractivity contribution in [3.63, 3.8) is 0 Å². The number of likely N-dealkylation sites (tertiary alicyclic amines) is 1. The van der Waals surface area contributed by atoms with Gasteiger partial charge in [-0.3, -0.25) is 9.59 Å². The summed E-state index contributed by atoms with van der Waals surface area (Å²) in [7, 11) is 2.92. The highest BCUT2D eigenvalue weighted by Gasteiger charge is 2.47. The van der Waals surface area contributed by atoms with Crippen molar-refractivity contribution in [3.05, 3.63) is 112 Å². The maximum Gasteiger partial charge on any atom is 0.295 e. The number of nitrogens with zero attached hydrogens (tertiary/aromatic N) is 1. The van der Waals surface area contributed by atoms with Crippen LogP contribution in [-0.4, -0.2) is 35.9 Å². The van der Waals surface area contributed by atoms with E-state index in [2.05, 4.69) is 0 Å². The van der Waals surface area contributed by atoms with Crippen molar-refractivity contribution < 1.29 is 28.9 Å². The minimum atomic E-state index is -0.869. The molecule has 7 nitrogen and oxygen atoms in total. The molecule has 8 heteroatoms. The highest BCUT2D eigenvalue weighted by molar-refractivity contribution is 7.09. The summed E-state index contributed by atoms with van der Waals surface area (Å²) < 4.78 is 17.0. The van der Waals surface area contributed by atoms with E-state index in [-0.39, 0.29) is 23.4 Å². The van der Waals surface area contributed by atoms with Crippen LogP contribution in [0.25, 0.3) is 5.76 Å². The molecular formula is C30H25NO6S. The van der Waals surface area contributed by atoms with Gasteiger partial charge in [0.25, 0.3) is 11.7 Å². The van der Waals surface area contributed by atoms with Crippen molar-refractivity contribution in [2.24, 2.45) is 0 Å². The number of ketones is 1. The zero-order valence-corrected chi connectivity index (χ0v) is 21.6. The quantitative estimate of drug-likeness (QED) is 0.167. The Morgan fingerprint density at radius 3 is 2.21 bits per heavy atom. The maximum absolute atomic E-state index is 13.5. The third kappa shape index (κ3) is 4.73. The number of rotatable bonds is 8. The van der Waals surface area contributed by atoms with Crippen LogP contribution in [-0.2, 0) is 16.1 Å². The Labute approximate surface area is 224 Å². The summed E-state index contributed by atoms with van der Waals surface area (Å²) in [6.45, 7) is 0.205. The number of aliphatic hydroxyl groups excluding tert-OH is 1. The van der Waals surface area contributed by atoms with E-state index in [1.807, 2.05) is 53.9 Å². The number of aliphatic hydroxyl groups is 1. The molecule has 38 heavy (non-hydrogen) atoms. The highest BCUT2D eigenvalue weighted by atomic mass is 32.1. The van der Waals surface area contributed by atoms with Crippen molar-refractivity contribution in [1.82, 2.24) is 4.90 Å². The lowest BCUT2D eigenvalue weighted by Crippen LogP contribution is -2.28. The topological polar surface area (TPSA) is 85.3 Å². The Morgan fingerprint density at radius 2 is 1.55 bits per heavy atom. The number of ether oxygens (including phenoxy) is 3. The third-order valence-corrected chi connectivity index (χ3v) is 7.12. The van der Waals surface area contributed by atoms with Gasteiger partial charge in [0.15, 0.2) is 0 Å². The fourth-order valence-corrected chi connectivity index (χ4v) is 5.25. The van der Waals surface area contributed by atoms with Crippen molar-refractivity contribution in [2.45, 2.75) is 12.6 Å². The summed E-state index contributed by atoms with van der Waals surface area (Å²) in [4.78, 5) is 29.3. The lowest BCUT2D eigenvalue weighted by Gasteiger charge is -2.25. The van der Waals surface area contributed by atoms with Gasteiger partial charge >= 0.3 is 0 Å². The minimum absolute atomic E-state index is 0.0498. The maximum atomic E-state index is 13.5. The molecule has 0 spiro atoms. The monoisotopic (exact) mass is 527 g/mol. The van der Waals surface area contributed by atoms with Gasteiger partial charge in [-0.05, 0) is 53.4 Å². The van der Waals surface area contributed by atoms with Crippen LogP contribution in [0.4, 0.5) is 0 Å². The molecule has 0 saturated carbocycles. The number of amides is 1. The van der Waals surface area contributed by atoms with Gasteiger partial charge in [-0.25, -0.2) is 0 Å². The van der Waals surface area contributed by atoms with Crippen molar-refractivity contribution in [2.75, 3.05) is 14.2 Å². The third-order valence-electron chi connectivity index (χ3n) is 6.26. The first-order valence-corrected chi connectivity index (χ1v) is 12.7. The average Bonchev–Trinajstić information content (AvgIpc) is 3.55. The zero-order valence-electron chi connectivity index (χ0n) is 20.8. The van der Waals surface area contributed by atoms with E-state index in [1.54, 1.807) is 36.4 Å².